The molecule has 2 N–H and O–H groups in total. The van der Waals surface area contributed by atoms with Gasteiger partial charge >= 0.3 is 0 Å². The molecule has 2 heteroatoms. The van der Waals surface area contributed by atoms with Gasteiger partial charge in [-0.2, -0.15) is 0 Å². The molecule has 8 aliphatic rings. The van der Waals surface area contributed by atoms with Gasteiger partial charge in [-0.1, -0.05) is 24.3 Å². The summed E-state index contributed by atoms with van der Waals surface area (Å²) in [6.07, 6.45) is 15.7. The molecule has 2 aromatic rings. The van der Waals surface area contributed by atoms with E-state index >= 15 is 0 Å². The zero-order valence-corrected chi connectivity index (χ0v) is 20.3. The Morgan fingerprint density at radius 2 is 1.09 bits per heavy atom. The number of benzene rings is 2. The SMILES string of the molecule is Oc1ccc(C23CC4CC(C2)CC(C2C5CC6CC(C5)CC2(c2ccc(O)cc2)C6)(C4)C3)cc1. The fourth-order valence-electron chi connectivity index (χ4n) is 12.2. The molecule has 2 aromatic carbocycles. The molecule has 178 valence electrons. The summed E-state index contributed by atoms with van der Waals surface area (Å²) < 4.78 is 0. The molecular formula is C32H38O2. The lowest BCUT2D eigenvalue weighted by atomic mass is 9.32. The lowest BCUT2D eigenvalue weighted by Gasteiger charge is -2.72. The lowest BCUT2D eigenvalue weighted by Crippen LogP contribution is -2.65. The predicted molar refractivity (Wildman–Crippen MR) is 134 cm³/mol. The van der Waals surface area contributed by atoms with Crippen molar-refractivity contribution in [2.75, 3.05) is 0 Å². The first kappa shape index (κ1) is 20.3. The molecule has 0 radical (unpaired) electrons. The van der Waals surface area contributed by atoms with Crippen LogP contribution in [0.5, 0.6) is 11.5 Å². The van der Waals surface area contributed by atoms with Crippen molar-refractivity contribution >= 4 is 0 Å². The van der Waals surface area contributed by atoms with Gasteiger partial charge in [0.05, 0.1) is 0 Å². The van der Waals surface area contributed by atoms with Gasteiger partial charge in [0.2, 0.25) is 0 Å². The van der Waals surface area contributed by atoms with Gasteiger partial charge in [-0.3, -0.25) is 0 Å². The standard InChI is InChI=1S/C32H38O2/c33-27-5-1-25(2-6-27)30-13-22-10-23(14-30)16-31(15-22,19-30)29-24-11-20-9-21(12-24)18-32(29,17-20)26-3-7-28(34)8-4-26/h1-8,20-24,29,33-34H,9-19H2. The smallest absolute Gasteiger partial charge is 0.115 e. The van der Waals surface area contributed by atoms with E-state index in [-0.39, 0.29) is 0 Å². The number of hydrogen-bond donors (Lipinski definition) is 2. The Labute approximate surface area is 203 Å². The summed E-state index contributed by atoms with van der Waals surface area (Å²) in [5.74, 6) is 6.10. The number of rotatable bonds is 3. The molecular weight excluding hydrogens is 416 g/mol. The molecule has 8 aliphatic carbocycles. The number of phenols is 2. The molecule has 0 aromatic heterocycles. The molecule has 0 saturated heterocycles. The maximum Gasteiger partial charge on any atom is 0.115 e. The molecule has 8 bridgehead atoms. The molecule has 0 aliphatic heterocycles. The van der Waals surface area contributed by atoms with Crippen molar-refractivity contribution in [3.8, 4) is 11.5 Å². The highest BCUT2D eigenvalue weighted by Crippen LogP contribution is 2.76. The van der Waals surface area contributed by atoms with Crippen LogP contribution in [0, 0.1) is 40.9 Å². The molecule has 5 atom stereocenters. The third kappa shape index (κ3) is 2.64. The van der Waals surface area contributed by atoms with E-state index in [4.69, 9.17) is 0 Å². The summed E-state index contributed by atoms with van der Waals surface area (Å²) >= 11 is 0. The van der Waals surface area contributed by atoms with Gasteiger partial charge in [0.1, 0.15) is 11.5 Å². The van der Waals surface area contributed by atoms with Gasteiger partial charge in [0.15, 0.2) is 0 Å². The van der Waals surface area contributed by atoms with Crippen LogP contribution in [0.1, 0.15) is 81.8 Å². The average Bonchev–Trinajstić information content (AvgIpc) is 2.78. The summed E-state index contributed by atoms with van der Waals surface area (Å²) in [6, 6.07) is 16.9. The summed E-state index contributed by atoms with van der Waals surface area (Å²) in [5, 5.41) is 20.1. The Balaban J connectivity index is 1.27. The van der Waals surface area contributed by atoms with Crippen molar-refractivity contribution in [1.82, 2.24) is 0 Å². The minimum Gasteiger partial charge on any atom is -0.508 e. The zero-order chi connectivity index (χ0) is 22.7. The van der Waals surface area contributed by atoms with E-state index in [9.17, 15) is 10.2 Å². The Morgan fingerprint density at radius 3 is 1.68 bits per heavy atom. The van der Waals surface area contributed by atoms with Gasteiger partial charge in [-0.15, -0.1) is 0 Å². The highest BCUT2D eigenvalue weighted by molar-refractivity contribution is 5.39. The first-order chi connectivity index (χ1) is 16.5. The van der Waals surface area contributed by atoms with Crippen LogP contribution in [-0.2, 0) is 10.8 Å². The highest BCUT2D eigenvalue weighted by Gasteiger charge is 2.68. The topological polar surface area (TPSA) is 40.5 Å². The maximum absolute atomic E-state index is 10.1. The van der Waals surface area contributed by atoms with Crippen LogP contribution in [0.25, 0.3) is 0 Å². The Kier molecular flexibility index (Phi) is 3.94. The van der Waals surface area contributed by atoms with Crippen molar-refractivity contribution in [3.63, 3.8) is 0 Å². The second kappa shape index (κ2) is 6.62. The van der Waals surface area contributed by atoms with E-state index in [1.165, 1.54) is 76.2 Å². The maximum atomic E-state index is 10.1. The minimum atomic E-state index is 0.322. The minimum absolute atomic E-state index is 0.322. The van der Waals surface area contributed by atoms with E-state index in [0.29, 0.717) is 27.7 Å². The summed E-state index contributed by atoms with van der Waals surface area (Å²) in [7, 11) is 0. The van der Waals surface area contributed by atoms with Crippen molar-refractivity contribution in [3.05, 3.63) is 59.7 Å². The molecule has 8 fully saturated rings. The Hall–Kier alpha value is -1.96. The van der Waals surface area contributed by atoms with Crippen LogP contribution >= 0.6 is 0 Å². The first-order valence-electron chi connectivity index (χ1n) is 14.0. The number of phenolic OH excluding ortho intramolecular Hbond substituents is 2. The fraction of sp³-hybridized carbons (Fsp3) is 0.625. The normalized spacial score (nSPS) is 47.9. The fourth-order valence-corrected chi connectivity index (χ4v) is 12.2. The van der Waals surface area contributed by atoms with Gasteiger partial charge in [-0.05, 0) is 158 Å². The van der Waals surface area contributed by atoms with Crippen molar-refractivity contribution in [2.24, 2.45) is 40.9 Å². The third-order valence-electron chi connectivity index (χ3n) is 12.0. The van der Waals surface area contributed by atoms with E-state index in [0.717, 1.165) is 35.5 Å². The first-order valence-corrected chi connectivity index (χ1v) is 14.0. The van der Waals surface area contributed by atoms with E-state index in [1.54, 1.807) is 5.56 Å². The molecule has 10 rings (SSSR count). The Morgan fingerprint density at radius 1 is 0.559 bits per heavy atom. The monoisotopic (exact) mass is 454 g/mol. The average molecular weight is 455 g/mol. The lowest BCUT2D eigenvalue weighted by molar-refractivity contribution is -0.186. The number of hydrogen-bond acceptors (Lipinski definition) is 2. The predicted octanol–water partition coefficient (Wildman–Crippen LogP) is 7.33. The van der Waals surface area contributed by atoms with E-state index in [2.05, 4.69) is 24.3 Å². The molecule has 0 spiro atoms. The number of aromatic hydroxyl groups is 2. The van der Waals surface area contributed by atoms with Crippen LogP contribution in [0.4, 0.5) is 0 Å². The molecule has 8 saturated carbocycles. The van der Waals surface area contributed by atoms with Crippen molar-refractivity contribution in [2.45, 2.75) is 81.5 Å². The molecule has 5 unspecified atom stereocenters. The van der Waals surface area contributed by atoms with Crippen molar-refractivity contribution < 1.29 is 10.2 Å². The van der Waals surface area contributed by atoms with Crippen LogP contribution in [-0.4, -0.2) is 10.2 Å². The van der Waals surface area contributed by atoms with Crippen LogP contribution in [0.15, 0.2) is 48.5 Å². The van der Waals surface area contributed by atoms with Crippen LogP contribution in [0.2, 0.25) is 0 Å². The summed E-state index contributed by atoms with van der Waals surface area (Å²) in [6.45, 7) is 0. The molecule has 0 heterocycles. The van der Waals surface area contributed by atoms with Gasteiger partial charge in [0, 0.05) is 0 Å². The largest absolute Gasteiger partial charge is 0.508 e. The highest BCUT2D eigenvalue weighted by atomic mass is 16.3. The van der Waals surface area contributed by atoms with E-state index in [1.807, 2.05) is 24.3 Å². The van der Waals surface area contributed by atoms with Crippen molar-refractivity contribution in [1.29, 1.82) is 0 Å². The van der Waals surface area contributed by atoms with E-state index < -0.39 is 0 Å². The second-order valence-electron chi connectivity index (χ2n) is 13.9. The third-order valence-corrected chi connectivity index (χ3v) is 12.0. The van der Waals surface area contributed by atoms with Gasteiger partial charge < -0.3 is 10.2 Å². The Bertz CT molecular complexity index is 1090. The quantitative estimate of drug-likeness (QED) is 0.510. The van der Waals surface area contributed by atoms with Gasteiger partial charge in [0.25, 0.3) is 0 Å². The summed E-state index contributed by atoms with van der Waals surface area (Å²) in [4.78, 5) is 0. The van der Waals surface area contributed by atoms with Gasteiger partial charge in [-0.25, -0.2) is 0 Å². The molecule has 34 heavy (non-hydrogen) atoms. The molecule has 0 amide bonds. The van der Waals surface area contributed by atoms with Crippen LogP contribution in [0.3, 0.4) is 0 Å². The molecule has 2 nitrogen and oxygen atoms in total. The second-order valence-corrected chi connectivity index (χ2v) is 13.9. The van der Waals surface area contributed by atoms with Crippen LogP contribution < -0.4 is 0 Å². The summed E-state index contributed by atoms with van der Waals surface area (Å²) in [5.41, 5.74) is 4.17. The zero-order valence-electron chi connectivity index (χ0n) is 20.3.